The van der Waals surface area contributed by atoms with Crippen molar-refractivity contribution in [1.29, 1.82) is 0 Å². The number of carbonyl (C=O) groups is 1. The number of carbonyl (C=O) groups excluding carboxylic acids is 1. The van der Waals surface area contributed by atoms with E-state index in [0.717, 1.165) is 16.9 Å². The number of hydrogen-bond acceptors (Lipinski definition) is 2. The van der Waals surface area contributed by atoms with Gasteiger partial charge >= 0.3 is 0 Å². The van der Waals surface area contributed by atoms with Crippen LogP contribution in [-0.2, 0) is 4.79 Å². The summed E-state index contributed by atoms with van der Waals surface area (Å²) in [5.41, 5.74) is 2.73. The quantitative estimate of drug-likeness (QED) is 0.820. The first-order valence-electron chi connectivity index (χ1n) is 7.71. The first kappa shape index (κ1) is 17.4. The molecule has 1 atom stereocenters. The Morgan fingerprint density at radius 2 is 1.83 bits per heavy atom. The number of hydrogen-bond donors (Lipinski definition) is 1. The van der Waals surface area contributed by atoms with Gasteiger partial charge in [0.2, 0.25) is 0 Å². The largest absolute Gasteiger partial charge is 0.481 e. The number of ether oxygens (including phenoxy) is 1. The lowest BCUT2D eigenvalue weighted by atomic mass is 10.0. The zero-order chi connectivity index (χ0) is 17.0. The zero-order valence-electron chi connectivity index (χ0n) is 13.9. The Balaban J connectivity index is 2.07. The molecule has 2 aromatic rings. The van der Waals surface area contributed by atoms with Gasteiger partial charge < -0.3 is 10.1 Å². The van der Waals surface area contributed by atoms with Crippen LogP contribution in [0.1, 0.15) is 37.8 Å². The lowest BCUT2D eigenvalue weighted by molar-refractivity contribution is -0.122. The van der Waals surface area contributed by atoms with E-state index < -0.39 is 6.10 Å². The molecule has 0 aromatic heterocycles. The number of rotatable bonds is 5. The summed E-state index contributed by atoms with van der Waals surface area (Å²) in [6.45, 7) is 7.85. The SMILES string of the molecule is Cc1ccc(NC(=O)[C@H](C)Oc2ccccc2C(C)C)cc1Cl. The Kier molecular flexibility index (Phi) is 5.67. The van der Waals surface area contributed by atoms with Crippen molar-refractivity contribution in [3.8, 4) is 5.75 Å². The highest BCUT2D eigenvalue weighted by atomic mass is 35.5. The molecule has 0 radical (unpaired) electrons. The second-order valence-electron chi connectivity index (χ2n) is 5.91. The highest BCUT2D eigenvalue weighted by Crippen LogP contribution is 2.27. The van der Waals surface area contributed by atoms with Crippen LogP contribution >= 0.6 is 11.6 Å². The molecule has 0 heterocycles. The molecule has 122 valence electrons. The summed E-state index contributed by atoms with van der Waals surface area (Å²) in [5.74, 6) is 0.868. The third-order valence-electron chi connectivity index (χ3n) is 3.65. The minimum Gasteiger partial charge on any atom is -0.481 e. The minimum absolute atomic E-state index is 0.205. The minimum atomic E-state index is -0.602. The predicted molar refractivity (Wildman–Crippen MR) is 95.4 cm³/mol. The van der Waals surface area contributed by atoms with Gasteiger partial charge in [0.25, 0.3) is 5.91 Å². The number of para-hydroxylation sites is 1. The van der Waals surface area contributed by atoms with Gasteiger partial charge in [0.05, 0.1) is 0 Å². The van der Waals surface area contributed by atoms with Crippen LogP contribution in [0.5, 0.6) is 5.75 Å². The Hall–Kier alpha value is -2.00. The van der Waals surface area contributed by atoms with Crippen molar-refractivity contribution in [2.75, 3.05) is 5.32 Å². The molecule has 0 bridgehead atoms. The molecule has 0 aliphatic rings. The fraction of sp³-hybridized carbons (Fsp3) is 0.316. The Morgan fingerprint density at radius 3 is 2.48 bits per heavy atom. The molecule has 1 amide bonds. The van der Waals surface area contributed by atoms with E-state index in [-0.39, 0.29) is 5.91 Å². The molecule has 2 aromatic carbocycles. The topological polar surface area (TPSA) is 38.3 Å². The van der Waals surface area contributed by atoms with E-state index in [1.807, 2.05) is 43.3 Å². The van der Waals surface area contributed by atoms with E-state index in [1.54, 1.807) is 13.0 Å². The second-order valence-corrected chi connectivity index (χ2v) is 6.31. The van der Waals surface area contributed by atoms with Gasteiger partial charge in [-0.2, -0.15) is 0 Å². The molecule has 0 aliphatic heterocycles. The van der Waals surface area contributed by atoms with Gasteiger partial charge in [0.15, 0.2) is 6.10 Å². The highest BCUT2D eigenvalue weighted by Gasteiger charge is 2.17. The molecule has 0 unspecified atom stereocenters. The van der Waals surface area contributed by atoms with Crippen molar-refractivity contribution in [3.05, 3.63) is 58.6 Å². The summed E-state index contributed by atoms with van der Waals surface area (Å²) in [6.07, 6.45) is -0.602. The van der Waals surface area contributed by atoms with Gasteiger partial charge in [0.1, 0.15) is 5.75 Å². The number of amides is 1. The van der Waals surface area contributed by atoms with E-state index in [2.05, 4.69) is 19.2 Å². The molecule has 0 saturated carbocycles. The number of halogens is 1. The van der Waals surface area contributed by atoms with Crippen molar-refractivity contribution in [2.24, 2.45) is 0 Å². The molecule has 0 aliphatic carbocycles. The lowest BCUT2D eigenvalue weighted by Gasteiger charge is -2.18. The average molecular weight is 332 g/mol. The first-order chi connectivity index (χ1) is 10.9. The van der Waals surface area contributed by atoms with Gasteiger partial charge in [-0.1, -0.05) is 49.7 Å². The molecule has 0 saturated heterocycles. The summed E-state index contributed by atoms with van der Waals surface area (Å²) < 4.78 is 5.85. The second kappa shape index (κ2) is 7.51. The van der Waals surface area contributed by atoms with E-state index in [1.165, 1.54) is 0 Å². The van der Waals surface area contributed by atoms with Crippen molar-refractivity contribution >= 4 is 23.2 Å². The lowest BCUT2D eigenvalue weighted by Crippen LogP contribution is -2.30. The molecular formula is C19H22ClNO2. The van der Waals surface area contributed by atoms with Gasteiger partial charge in [-0.05, 0) is 49.1 Å². The summed E-state index contributed by atoms with van der Waals surface area (Å²) >= 11 is 6.08. The number of aryl methyl sites for hydroxylation is 1. The maximum absolute atomic E-state index is 12.3. The fourth-order valence-corrected chi connectivity index (χ4v) is 2.40. The molecule has 1 N–H and O–H groups in total. The van der Waals surface area contributed by atoms with Crippen LogP contribution in [0.25, 0.3) is 0 Å². The number of anilines is 1. The van der Waals surface area contributed by atoms with Crippen LogP contribution in [0.4, 0.5) is 5.69 Å². The maximum Gasteiger partial charge on any atom is 0.265 e. The van der Waals surface area contributed by atoms with E-state index in [0.29, 0.717) is 16.6 Å². The summed E-state index contributed by atoms with van der Waals surface area (Å²) in [6, 6.07) is 13.2. The number of nitrogens with one attached hydrogen (secondary N) is 1. The standard InChI is InChI=1S/C19H22ClNO2/c1-12(2)16-7-5-6-8-18(16)23-14(4)19(22)21-15-10-9-13(3)17(20)11-15/h5-12,14H,1-4H3,(H,21,22)/t14-/m0/s1. The molecule has 23 heavy (non-hydrogen) atoms. The van der Waals surface area contributed by atoms with Crippen LogP contribution in [0.3, 0.4) is 0 Å². The Morgan fingerprint density at radius 1 is 1.13 bits per heavy atom. The first-order valence-corrected chi connectivity index (χ1v) is 8.09. The summed E-state index contributed by atoms with van der Waals surface area (Å²) in [5, 5.41) is 3.46. The van der Waals surface area contributed by atoms with Crippen LogP contribution in [0.2, 0.25) is 5.02 Å². The third-order valence-corrected chi connectivity index (χ3v) is 4.06. The molecule has 3 nitrogen and oxygen atoms in total. The van der Waals surface area contributed by atoms with Gasteiger partial charge in [-0.25, -0.2) is 0 Å². The van der Waals surface area contributed by atoms with Crippen LogP contribution in [0, 0.1) is 6.92 Å². The smallest absolute Gasteiger partial charge is 0.265 e. The van der Waals surface area contributed by atoms with Crippen LogP contribution in [-0.4, -0.2) is 12.0 Å². The maximum atomic E-state index is 12.3. The molecular weight excluding hydrogens is 310 g/mol. The monoisotopic (exact) mass is 331 g/mol. The predicted octanol–water partition coefficient (Wildman–Crippen LogP) is 5.18. The normalized spacial score (nSPS) is 12.1. The average Bonchev–Trinajstić information content (AvgIpc) is 2.51. The van der Waals surface area contributed by atoms with E-state index in [4.69, 9.17) is 16.3 Å². The molecule has 0 spiro atoms. The van der Waals surface area contributed by atoms with Crippen molar-refractivity contribution in [1.82, 2.24) is 0 Å². The third kappa shape index (κ3) is 4.49. The summed E-state index contributed by atoms with van der Waals surface area (Å²) in [7, 11) is 0. The van der Waals surface area contributed by atoms with Crippen molar-refractivity contribution in [3.63, 3.8) is 0 Å². The van der Waals surface area contributed by atoms with Crippen molar-refractivity contribution in [2.45, 2.75) is 39.7 Å². The molecule has 2 rings (SSSR count). The Labute approximate surface area is 142 Å². The molecule has 4 heteroatoms. The van der Waals surface area contributed by atoms with Gasteiger partial charge in [0, 0.05) is 10.7 Å². The van der Waals surface area contributed by atoms with Crippen LogP contribution in [0.15, 0.2) is 42.5 Å². The summed E-state index contributed by atoms with van der Waals surface area (Å²) in [4.78, 5) is 12.3. The van der Waals surface area contributed by atoms with Crippen molar-refractivity contribution < 1.29 is 9.53 Å². The van der Waals surface area contributed by atoms with Crippen LogP contribution < -0.4 is 10.1 Å². The highest BCUT2D eigenvalue weighted by molar-refractivity contribution is 6.31. The zero-order valence-corrected chi connectivity index (χ0v) is 14.6. The fourth-order valence-electron chi connectivity index (χ4n) is 2.22. The number of benzene rings is 2. The van der Waals surface area contributed by atoms with Gasteiger partial charge in [-0.3, -0.25) is 4.79 Å². The van der Waals surface area contributed by atoms with E-state index >= 15 is 0 Å². The van der Waals surface area contributed by atoms with E-state index in [9.17, 15) is 4.79 Å². The Bertz CT molecular complexity index is 698. The van der Waals surface area contributed by atoms with Gasteiger partial charge in [-0.15, -0.1) is 0 Å². The molecule has 0 fully saturated rings.